The largest absolute Gasteiger partial charge is 0.342 e. The molecule has 0 saturated carbocycles. The number of hydrogen-bond donors (Lipinski definition) is 1. The second-order valence-corrected chi connectivity index (χ2v) is 6.64. The predicted molar refractivity (Wildman–Crippen MR) is 95.0 cm³/mol. The van der Waals surface area contributed by atoms with Gasteiger partial charge in [0.15, 0.2) is 11.6 Å². The normalized spacial score (nSPS) is 16.0. The first-order chi connectivity index (χ1) is 11.6. The van der Waals surface area contributed by atoms with Gasteiger partial charge in [-0.3, -0.25) is 0 Å². The van der Waals surface area contributed by atoms with E-state index in [0.717, 1.165) is 60.2 Å². The van der Waals surface area contributed by atoms with Gasteiger partial charge < -0.3 is 9.80 Å². The monoisotopic (exact) mass is 323 g/mol. The zero-order chi connectivity index (χ0) is 16.7. The lowest BCUT2D eigenvalue weighted by molar-refractivity contribution is -0.880. The Labute approximate surface area is 141 Å². The fraction of sp³-hybridized carbons (Fsp3) is 0.389. The minimum Gasteiger partial charge on any atom is -0.342 e. The summed E-state index contributed by atoms with van der Waals surface area (Å²) in [5, 5.41) is 4.64. The summed E-state index contributed by atoms with van der Waals surface area (Å²) in [5.74, 6) is 1.77. The van der Waals surface area contributed by atoms with Crippen molar-refractivity contribution in [2.45, 2.75) is 13.8 Å². The fourth-order valence-electron chi connectivity index (χ4n) is 3.28. The molecule has 0 radical (unpaired) electrons. The van der Waals surface area contributed by atoms with Crippen molar-refractivity contribution in [1.29, 1.82) is 0 Å². The molecular weight excluding hydrogens is 300 g/mol. The average molecular weight is 323 g/mol. The third kappa shape index (κ3) is 2.63. The molecule has 2 aromatic heterocycles. The van der Waals surface area contributed by atoms with Gasteiger partial charge in [-0.1, -0.05) is 12.1 Å². The van der Waals surface area contributed by atoms with Gasteiger partial charge in [0.05, 0.1) is 50.0 Å². The number of rotatable bonds is 2. The number of anilines is 1. The van der Waals surface area contributed by atoms with Crippen LogP contribution in [0.2, 0.25) is 0 Å². The molecule has 1 aliphatic heterocycles. The van der Waals surface area contributed by atoms with Crippen molar-refractivity contribution in [2.75, 3.05) is 38.1 Å². The topological polar surface area (TPSA) is 51.3 Å². The molecule has 6 heteroatoms. The Hall–Kier alpha value is -2.47. The van der Waals surface area contributed by atoms with Crippen molar-refractivity contribution in [2.24, 2.45) is 0 Å². The van der Waals surface area contributed by atoms with Gasteiger partial charge in [-0.05, 0) is 32.0 Å². The standard InChI is InChI=1S/C18H22N6/c1-13-12-14(2)24(21-13)18-17(23-10-8-22(3)9-11-23)19-15-6-4-5-7-16(15)20-18/h4-7,12H,8-11H2,1-3H3/p+1. The molecule has 1 saturated heterocycles. The Morgan fingerprint density at radius 3 is 2.17 bits per heavy atom. The van der Waals surface area contributed by atoms with Gasteiger partial charge in [-0.2, -0.15) is 5.10 Å². The Balaban J connectivity index is 1.89. The van der Waals surface area contributed by atoms with Crippen LogP contribution in [0.1, 0.15) is 11.4 Å². The van der Waals surface area contributed by atoms with E-state index in [2.05, 4.69) is 30.0 Å². The zero-order valence-electron chi connectivity index (χ0n) is 14.5. The van der Waals surface area contributed by atoms with Gasteiger partial charge in [0.2, 0.25) is 0 Å². The van der Waals surface area contributed by atoms with Crippen LogP contribution in [0.15, 0.2) is 30.3 Å². The van der Waals surface area contributed by atoms with E-state index < -0.39 is 0 Å². The maximum atomic E-state index is 4.94. The van der Waals surface area contributed by atoms with E-state index in [1.54, 1.807) is 4.90 Å². The Morgan fingerprint density at radius 1 is 0.958 bits per heavy atom. The molecule has 1 fully saturated rings. The highest BCUT2D eigenvalue weighted by molar-refractivity contribution is 5.78. The highest BCUT2D eigenvalue weighted by Crippen LogP contribution is 2.25. The summed E-state index contributed by atoms with van der Waals surface area (Å²) in [6.45, 7) is 8.29. The lowest BCUT2D eigenvalue weighted by Gasteiger charge is -2.31. The number of piperazine rings is 1. The van der Waals surface area contributed by atoms with Gasteiger partial charge in [-0.25, -0.2) is 14.6 Å². The van der Waals surface area contributed by atoms with Crippen LogP contribution in [-0.2, 0) is 0 Å². The molecule has 0 aliphatic carbocycles. The number of nitrogens with zero attached hydrogens (tertiary/aromatic N) is 5. The molecule has 1 N–H and O–H groups in total. The van der Waals surface area contributed by atoms with Crippen LogP contribution in [0.5, 0.6) is 0 Å². The van der Waals surface area contributed by atoms with E-state index in [4.69, 9.17) is 9.97 Å². The second kappa shape index (κ2) is 5.87. The molecule has 3 heterocycles. The van der Waals surface area contributed by atoms with Gasteiger partial charge in [0, 0.05) is 5.69 Å². The lowest BCUT2D eigenvalue weighted by Crippen LogP contribution is -3.12. The molecule has 0 spiro atoms. The van der Waals surface area contributed by atoms with Gasteiger partial charge in [0.1, 0.15) is 0 Å². The average Bonchev–Trinajstić information content (AvgIpc) is 2.92. The molecule has 6 nitrogen and oxygen atoms in total. The Bertz CT molecular complexity index is 876. The molecule has 0 amide bonds. The van der Waals surface area contributed by atoms with Gasteiger partial charge >= 0.3 is 0 Å². The van der Waals surface area contributed by atoms with Crippen molar-refractivity contribution in [3.05, 3.63) is 41.7 Å². The van der Waals surface area contributed by atoms with Crippen molar-refractivity contribution in [3.8, 4) is 5.82 Å². The van der Waals surface area contributed by atoms with Crippen molar-refractivity contribution < 1.29 is 4.90 Å². The maximum absolute atomic E-state index is 4.94. The number of benzene rings is 1. The van der Waals surface area contributed by atoms with Crippen LogP contribution in [0.25, 0.3) is 16.9 Å². The Morgan fingerprint density at radius 2 is 1.58 bits per heavy atom. The van der Waals surface area contributed by atoms with E-state index in [1.807, 2.05) is 35.9 Å². The Kier molecular flexibility index (Phi) is 3.69. The highest BCUT2D eigenvalue weighted by atomic mass is 15.4. The molecule has 1 aromatic carbocycles. The summed E-state index contributed by atoms with van der Waals surface area (Å²) in [6, 6.07) is 10.1. The van der Waals surface area contributed by atoms with Crippen LogP contribution < -0.4 is 9.80 Å². The van der Waals surface area contributed by atoms with Crippen LogP contribution in [-0.4, -0.2) is 53.0 Å². The minimum absolute atomic E-state index is 0.832. The summed E-state index contributed by atoms with van der Waals surface area (Å²) in [5.41, 5.74) is 3.92. The van der Waals surface area contributed by atoms with Crippen molar-refractivity contribution in [1.82, 2.24) is 19.7 Å². The molecule has 0 atom stereocenters. The van der Waals surface area contributed by atoms with Crippen molar-refractivity contribution in [3.63, 3.8) is 0 Å². The van der Waals surface area contributed by atoms with Gasteiger partial charge in [0.25, 0.3) is 0 Å². The number of quaternary nitrogens is 1. The third-order valence-electron chi connectivity index (χ3n) is 4.66. The van der Waals surface area contributed by atoms with Crippen LogP contribution in [0.4, 0.5) is 5.82 Å². The summed E-state index contributed by atoms with van der Waals surface area (Å²) < 4.78 is 1.93. The molecule has 3 aromatic rings. The molecular formula is C18H23N6+. The molecule has 124 valence electrons. The first-order valence-corrected chi connectivity index (χ1v) is 8.48. The van der Waals surface area contributed by atoms with E-state index in [9.17, 15) is 0 Å². The first-order valence-electron chi connectivity index (χ1n) is 8.48. The number of para-hydroxylation sites is 2. The maximum Gasteiger partial charge on any atom is 0.197 e. The quantitative estimate of drug-likeness (QED) is 0.757. The number of nitrogens with one attached hydrogen (secondary N) is 1. The first kappa shape index (κ1) is 15.1. The molecule has 1 aliphatic rings. The fourth-order valence-corrected chi connectivity index (χ4v) is 3.28. The van der Waals surface area contributed by atoms with E-state index in [-0.39, 0.29) is 0 Å². The van der Waals surface area contributed by atoms with Crippen molar-refractivity contribution >= 4 is 16.9 Å². The SMILES string of the molecule is Cc1cc(C)n(-c2nc3ccccc3nc2N2CC[NH+](C)CC2)n1. The molecule has 24 heavy (non-hydrogen) atoms. The predicted octanol–water partition coefficient (Wildman–Crippen LogP) is 0.767. The van der Waals surface area contributed by atoms with Crippen LogP contribution in [0.3, 0.4) is 0 Å². The second-order valence-electron chi connectivity index (χ2n) is 6.64. The molecule has 0 unspecified atom stereocenters. The molecule has 4 rings (SSSR count). The lowest BCUT2D eigenvalue weighted by atomic mass is 10.3. The number of hydrogen-bond acceptors (Lipinski definition) is 4. The third-order valence-corrected chi connectivity index (χ3v) is 4.66. The summed E-state index contributed by atoms with van der Waals surface area (Å²) in [4.78, 5) is 13.8. The van der Waals surface area contributed by atoms with Gasteiger partial charge in [-0.15, -0.1) is 0 Å². The summed E-state index contributed by atoms with van der Waals surface area (Å²) >= 11 is 0. The van der Waals surface area contributed by atoms with E-state index in [0.29, 0.717) is 0 Å². The van der Waals surface area contributed by atoms with E-state index >= 15 is 0 Å². The smallest absolute Gasteiger partial charge is 0.197 e. The van der Waals surface area contributed by atoms with E-state index in [1.165, 1.54) is 0 Å². The highest BCUT2D eigenvalue weighted by Gasteiger charge is 2.23. The minimum atomic E-state index is 0.832. The van der Waals surface area contributed by atoms with Crippen LogP contribution in [0, 0.1) is 13.8 Å². The summed E-state index contributed by atoms with van der Waals surface area (Å²) in [7, 11) is 2.24. The number of fused-ring (bicyclic) bond motifs is 1. The molecule has 0 bridgehead atoms. The number of likely N-dealkylation sites (N-methyl/N-ethyl adjacent to an activating group) is 1. The number of aromatic nitrogens is 4. The number of aryl methyl sites for hydroxylation is 2. The zero-order valence-corrected chi connectivity index (χ0v) is 14.5. The summed E-state index contributed by atoms with van der Waals surface area (Å²) in [6.07, 6.45) is 0. The van der Waals surface area contributed by atoms with Crippen LogP contribution >= 0.6 is 0 Å².